The Kier molecular flexibility index (Phi) is 1.74. The minimum Gasteiger partial charge on any atom is -0.457 e. The van der Waals surface area contributed by atoms with Crippen LogP contribution in [0.3, 0.4) is 0 Å². The van der Waals surface area contributed by atoms with E-state index in [4.69, 9.17) is 4.74 Å². The lowest BCUT2D eigenvalue weighted by atomic mass is 10.1. The van der Waals surface area contributed by atoms with Crippen LogP contribution in [-0.4, -0.2) is 12.6 Å². The van der Waals surface area contributed by atoms with Crippen molar-refractivity contribution in [3.05, 3.63) is 28.0 Å². The number of esters is 1. The number of thiophene rings is 1. The number of carbonyl (C=O) groups excluding carboxylic acids is 1. The fourth-order valence-corrected chi connectivity index (χ4v) is 2.65. The summed E-state index contributed by atoms with van der Waals surface area (Å²) in [7, 11) is 0. The van der Waals surface area contributed by atoms with Crippen LogP contribution in [0.2, 0.25) is 0 Å². The predicted molar refractivity (Wildman–Crippen MR) is 54.9 cm³/mol. The number of cyclic esters (lactones) is 1. The molecule has 1 aromatic heterocycles. The van der Waals surface area contributed by atoms with E-state index in [2.05, 4.69) is 0 Å². The summed E-state index contributed by atoms with van der Waals surface area (Å²) in [5, 5.41) is 2.00. The molecule has 1 aromatic rings. The molecule has 14 heavy (non-hydrogen) atoms. The summed E-state index contributed by atoms with van der Waals surface area (Å²) in [6, 6.07) is 3.97. The van der Waals surface area contributed by atoms with Crippen LogP contribution >= 0.6 is 11.3 Å². The second kappa shape index (κ2) is 2.95. The topological polar surface area (TPSA) is 26.3 Å². The largest absolute Gasteiger partial charge is 0.457 e. The van der Waals surface area contributed by atoms with Gasteiger partial charge in [-0.25, -0.2) is 4.79 Å². The van der Waals surface area contributed by atoms with Gasteiger partial charge in [-0.2, -0.15) is 0 Å². The van der Waals surface area contributed by atoms with Gasteiger partial charge >= 0.3 is 5.97 Å². The smallest absolute Gasteiger partial charge is 0.339 e. The average Bonchev–Trinajstić information content (AvgIpc) is 2.75. The molecule has 0 radical (unpaired) electrons. The van der Waals surface area contributed by atoms with Crippen LogP contribution in [0.5, 0.6) is 0 Å². The van der Waals surface area contributed by atoms with Gasteiger partial charge in [0.1, 0.15) is 6.61 Å². The monoisotopic (exact) mass is 206 g/mol. The molecule has 0 amide bonds. The lowest BCUT2D eigenvalue weighted by Gasteiger charge is -1.97. The van der Waals surface area contributed by atoms with Crippen molar-refractivity contribution < 1.29 is 9.53 Å². The second-order valence-electron chi connectivity index (χ2n) is 3.73. The minimum absolute atomic E-state index is 0.130. The maximum Gasteiger partial charge on any atom is 0.339 e. The predicted octanol–water partition coefficient (Wildman–Crippen LogP) is 2.47. The van der Waals surface area contributed by atoms with Crippen LogP contribution in [0.4, 0.5) is 0 Å². The van der Waals surface area contributed by atoms with Crippen LogP contribution < -0.4 is 0 Å². The number of ether oxygens (including phenoxy) is 1. The molecule has 0 spiro atoms. The molecular formula is C11H10O2S. The van der Waals surface area contributed by atoms with E-state index >= 15 is 0 Å². The number of hydrogen-bond donors (Lipinski definition) is 0. The Hall–Kier alpha value is -1.09. The van der Waals surface area contributed by atoms with Gasteiger partial charge in [0.25, 0.3) is 0 Å². The third kappa shape index (κ3) is 1.20. The quantitative estimate of drug-likeness (QED) is 0.695. The molecule has 1 aliphatic heterocycles. The molecule has 2 heterocycles. The van der Waals surface area contributed by atoms with Crippen LogP contribution in [0.25, 0.3) is 5.57 Å². The lowest BCUT2D eigenvalue weighted by molar-refractivity contribution is -0.134. The van der Waals surface area contributed by atoms with Gasteiger partial charge < -0.3 is 4.74 Å². The van der Waals surface area contributed by atoms with E-state index in [1.165, 1.54) is 18.4 Å². The first kappa shape index (κ1) is 8.24. The summed E-state index contributed by atoms with van der Waals surface area (Å²) in [6.07, 6.45) is 2.45. The van der Waals surface area contributed by atoms with Crippen molar-refractivity contribution in [1.82, 2.24) is 0 Å². The van der Waals surface area contributed by atoms with Crippen LogP contribution in [-0.2, 0) is 9.53 Å². The summed E-state index contributed by atoms with van der Waals surface area (Å²) >= 11 is 1.61. The molecule has 2 nitrogen and oxygen atoms in total. The van der Waals surface area contributed by atoms with Crippen molar-refractivity contribution in [3.8, 4) is 0 Å². The van der Waals surface area contributed by atoms with Crippen LogP contribution in [0.15, 0.2) is 23.1 Å². The van der Waals surface area contributed by atoms with Gasteiger partial charge in [-0.3, -0.25) is 0 Å². The maximum atomic E-state index is 11.5. The van der Waals surface area contributed by atoms with Gasteiger partial charge in [-0.05, 0) is 35.8 Å². The van der Waals surface area contributed by atoms with Gasteiger partial charge in [0, 0.05) is 4.88 Å². The molecule has 3 rings (SSSR count). The van der Waals surface area contributed by atoms with Gasteiger partial charge in [-0.1, -0.05) is 6.07 Å². The van der Waals surface area contributed by atoms with E-state index in [1.54, 1.807) is 11.3 Å². The first-order valence-corrected chi connectivity index (χ1v) is 5.68. The lowest BCUT2D eigenvalue weighted by Crippen LogP contribution is -1.96. The van der Waals surface area contributed by atoms with E-state index in [9.17, 15) is 4.79 Å². The zero-order valence-corrected chi connectivity index (χ0v) is 8.47. The summed E-state index contributed by atoms with van der Waals surface area (Å²) in [6.45, 7) is 0.525. The van der Waals surface area contributed by atoms with Crippen molar-refractivity contribution in [2.75, 3.05) is 6.61 Å². The highest BCUT2D eigenvalue weighted by atomic mass is 32.1. The van der Waals surface area contributed by atoms with E-state index in [1.807, 2.05) is 17.5 Å². The highest BCUT2D eigenvalue weighted by molar-refractivity contribution is 7.11. The maximum absolute atomic E-state index is 11.5. The molecule has 1 aliphatic carbocycles. The molecule has 0 N–H and O–H groups in total. The van der Waals surface area contributed by atoms with E-state index in [0.29, 0.717) is 12.5 Å². The van der Waals surface area contributed by atoms with Gasteiger partial charge in [0.15, 0.2) is 0 Å². The Morgan fingerprint density at radius 3 is 2.93 bits per heavy atom. The number of rotatable bonds is 2. The Morgan fingerprint density at radius 2 is 2.29 bits per heavy atom. The molecule has 3 heteroatoms. The SMILES string of the molecule is O=C1OCC(C2CC2)=C1c1cccs1. The highest BCUT2D eigenvalue weighted by Crippen LogP contribution is 2.43. The van der Waals surface area contributed by atoms with Crippen molar-refractivity contribution in [3.63, 3.8) is 0 Å². The minimum atomic E-state index is -0.130. The zero-order valence-electron chi connectivity index (χ0n) is 7.66. The molecule has 0 unspecified atom stereocenters. The molecular weight excluding hydrogens is 196 g/mol. The Labute approximate surface area is 86.2 Å². The third-order valence-corrected chi connectivity index (χ3v) is 3.61. The first-order chi connectivity index (χ1) is 6.86. The van der Waals surface area contributed by atoms with Gasteiger partial charge in [-0.15, -0.1) is 11.3 Å². The molecule has 2 aliphatic rings. The standard InChI is InChI=1S/C11H10O2S/c12-11-10(9-2-1-5-14-9)8(6-13-11)7-3-4-7/h1-2,5,7H,3-4,6H2. The number of carbonyl (C=O) groups is 1. The zero-order chi connectivity index (χ0) is 9.54. The van der Waals surface area contributed by atoms with Crippen LogP contribution in [0, 0.1) is 5.92 Å². The Bertz CT molecular complexity index is 399. The molecule has 0 atom stereocenters. The number of hydrogen-bond acceptors (Lipinski definition) is 3. The second-order valence-corrected chi connectivity index (χ2v) is 4.68. The van der Waals surface area contributed by atoms with E-state index in [-0.39, 0.29) is 5.97 Å². The molecule has 0 saturated heterocycles. The first-order valence-electron chi connectivity index (χ1n) is 4.80. The highest BCUT2D eigenvalue weighted by Gasteiger charge is 2.36. The van der Waals surface area contributed by atoms with Crippen LogP contribution in [0.1, 0.15) is 17.7 Å². The van der Waals surface area contributed by atoms with Crippen molar-refractivity contribution in [2.24, 2.45) is 5.92 Å². The van der Waals surface area contributed by atoms with Gasteiger partial charge in [0.2, 0.25) is 0 Å². The third-order valence-electron chi connectivity index (χ3n) is 2.72. The fraction of sp³-hybridized carbons (Fsp3) is 0.364. The summed E-state index contributed by atoms with van der Waals surface area (Å²) < 4.78 is 5.10. The van der Waals surface area contributed by atoms with E-state index in [0.717, 1.165) is 10.5 Å². The molecule has 1 saturated carbocycles. The van der Waals surface area contributed by atoms with Crippen molar-refractivity contribution in [1.29, 1.82) is 0 Å². The summed E-state index contributed by atoms with van der Waals surface area (Å²) in [5.74, 6) is 0.493. The average molecular weight is 206 g/mol. The molecule has 1 fully saturated rings. The normalized spacial score (nSPS) is 21.6. The van der Waals surface area contributed by atoms with Gasteiger partial charge in [0.05, 0.1) is 5.57 Å². The fourth-order valence-electron chi connectivity index (χ4n) is 1.85. The summed E-state index contributed by atoms with van der Waals surface area (Å²) in [4.78, 5) is 12.6. The molecule has 0 bridgehead atoms. The molecule has 72 valence electrons. The Morgan fingerprint density at radius 1 is 1.43 bits per heavy atom. The molecule has 0 aromatic carbocycles. The Balaban J connectivity index is 2.08. The van der Waals surface area contributed by atoms with Crippen molar-refractivity contribution >= 4 is 22.9 Å². The van der Waals surface area contributed by atoms with E-state index < -0.39 is 0 Å². The van der Waals surface area contributed by atoms with Crippen molar-refractivity contribution in [2.45, 2.75) is 12.8 Å². The summed E-state index contributed by atoms with van der Waals surface area (Å²) in [5.41, 5.74) is 2.08.